The lowest BCUT2D eigenvalue weighted by molar-refractivity contribution is -0.0751. The quantitative estimate of drug-likeness (QED) is 0.178. The van der Waals surface area contributed by atoms with Crippen molar-refractivity contribution in [2.75, 3.05) is 26.1 Å². The van der Waals surface area contributed by atoms with Gasteiger partial charge < -0.3 is 50.0 Å². The van der Waals surface area contributed by atoms with Gasteiger partial charge in [0.1, 0.15) is 48.7 Å². The van der Waals surface area contributed by atoms with E-state index in [4.69, 9.17) is 40.8 Å². The van der Waals surface area contributed by atoms with Crippen molar-refractivity contribution >= 4 is 41.5 Å². The Balaban J connectivity index is 1.23. The second kappa shape index (κ2) is 11.3. The second-order valence-electron chi connectivity index (χ2n) is 8.94. The lowest BCUT2D eigenvalue weighted by atomic mass is 10.1. The van der Waals surface area contributed by atoms with Gasteiger partial charge in [0.15, 0.2) is 17.7 Å². The number of imidazole rings is 1. The summed E-state index contributed by atoms with van der Waals surface area (Å²) in [5.74, 6) is 0.207. The highest BCUT2D eigenvalue weighted by atomic mass is 32.5. The number of rotatable bonds is 9. The molecule has 0 spiro atoms. The fourth-order valence-corrected chi connectivity index (χ4v) is 6.06. The number of nitrogen functional groups attached to an aromatic ring is 1. The number of hydrogen-bond acceptors (Lipinski definition) is 14. The van der Waals surface area contributed by atoms with Crippen LogP contribution in [0.15, 0.2) is 24.9 Å². The van der Waals surface area contributed by atoms with Gasteiger partial charge in [0.05, 0.1) is 25.6 Å². The Morgan fingerprint density at radius 1 is 1.26 bits per heavy atom. The Hall–Kier alpha value is -2.35. The third kappa shape index (κ3) is 5.63. The van der Waals surface area contributed by atoms with Crippen LogP contribution in [0.2, 0.25) is 0 Å². The molecule has 2 aromatic rings. The van der Waals surface area contributed by atoms with Gasteiger partial charge in [-0.3, -0.25) is 14.0 Å². The normalized spacial score (nSPS) is 34.5. The van der Waals surface area contributed by atoms with Crippen molar-refractivity contribution in [3.05, 3.63) is 24.9 Å². The van der Waals surface area contributed by atoms with Crippen LogP contribution in [0.3, 0.4) is 0 Å². The second-order valence-corrected chi connectivity index (χ2v) is 11.7. The molecule has 39 heavy (non-hydrogen) atoms. The molecule has 0 saturated carbocycles. The fraction of sp³-hybridized carbons (Fsp3) is 0.600. The van der Waals surface area contributed by atoms with E-state index >= 15 is 0 Å². The van der Waals surface area contributed by atoms with E-state index in [-0.39, 0.29) is 18.8 Å². The summed E-state index contributed by atoms with van der Waals surface area (Å²) in [4.78, 5) is 36.5. The average molecular weight is 590 g/mol. The smallest absolute Gasteiger partial charge is 0.325 e. The van der Waals surface area contributed by atoms with Crippen LogP contribution in [0.5, 0.6) is 0 Å². The summed E-state index contributed by atoms with van der Waals surface area (Å²) in [6, 6.07) is -0.671. The van der Waals surface area contributed by atoms with E-state index in [1.54, 1.807) is 4.57 Å². The third-order valence-electron chi connectivity index (χ3n) is 6.50. The molecule has 0 aromatic carbocycles. The highest BCUT2D eigenvalue weighted by Crippen LogP contribution is 2.49. The number of methoxy groups -OCH3 is 1. The molecule has 0 radical (unpaired) electrons. The maximum atomic E-state index is 12.3. The Labute approximate surface area is 226 Å². The van der Waals surface area contributed by atoms with Crippen molar-refractivity contribution in [3.8, 4) is 0 Å². The van der Waals surface area contributed by atoms with Crippen LogP contribution in [0.4, 0.5) is 10.6 Å². The zero-order valence-electron chi connectivity index (χ0n) is 20.5. The number of nitrogens with one attached hydrogen (secondary N) is 1. The van der Waals surface area contributed by atoms with Gasteiger partial charge in [0.2, 0.25) is 0 Å². The van der Waals surface area contributed by atoms with E-state index in [9.17, 15) is 25.0 Å². The molecular formula is C20H28N7O10PS. The molecule has 3 aliphatic heterocycles. The average Bonchev–Trinajstić information content (AvgIpc) is 3.58. The van der Waals surface area contributed by atoms with Crippen molar-refractivity contribution in [2.24, 2.45) is 0 Å². The first-order valence-electron chi connectivity index (χ1n) is 11.8. The molecule has 3 aliphatic rings. The number of nitrogens with zero attached hydrogens (tertiary/aromatic N) is 5. The largest absolute Gasteiger partial charge is 0.394 e. The number of anilines is 1. The SMILES string of the molecule is COC1[C@@H](OP(O)(=S)OCC2O[C@@H](n3cnc4c(N)ncnc43)C[C@H]2O)C(CO)O[C@H]1N1C=CC(O)NC1=O. The maximum Gasteiger partial charge on any atom is 0.325 e. The van der Waals surface area contributed by atoms with Gasteiger partial charge in [-0.15, -0.1) is 0 Å². The zero-order valence-corrected chi connectivity index (χ0v) is 22.2. The minimum atomic E-state index is -4.00. The van der Waals surface area contributed by atoms with Crippen molar-refractivity contribution < 1.29 is 48.3 Å². The van der Waals surface area contributed by atoms with Crippen LogP contribution >= 0.6 is 6.72 Å². The monoisotopic (exact) mass is 589 g/mol. The topological polar surface area (TPSA) is 229 Å². The minimum absolute atomic E-state index is 0.176. The number of aliphatic hydroxyl groups is 3. The van der Waals surface area contributed by atoms with Gasteiger partial charge in [-0.25, -0.2) is 19.7 Å². The molecule has 214 valence electrons. The number of carbonyl (C=O) groups excluding carboxylic acids is 1. The number of urea groups is 1. The molecule has 2 amide bonds. The van der Waals surface area contributed by atoms with Crippen molar-refractivity contribution in [1.29, 1.82) is 0 Å². The Bertz CT molecular complexity index is 1280. The summed E-state index contributed by atoms with van der Waals surface area (Å²) in [5.41, 5.74) is 6.66. The molecule has 5 rings (SSSR count). The number of ether oxygens (including phenoxy) is 3. The van der Waals surface area contributed by atoms with Crippen molar-refractivity contribution in [1.82, 2.24) is 29.7 Å². The van der Waals surface area contributed by atoms with E-state index in [1.165, 1.54) is 32.0 Å². The molecule has 7 N–H and O–H groups in total. The van der Waals surface area contributed by atoms with Crippen LogP contribution < -0.4 is 11.1 Å². The summed E-state index contributed by atoms with van der Waals surface area (Å²) in [7, 11) is 1.33. The first-order chi connectivity index (χ1) is 18.6. The Morgan fingerprint density at radius 3 is 2.77 bits per heavy atom. The van der Waals surface area contributed by atoms with E-state index in [2.05, 4.69) is 20.3 Å². The minimum Gasteiger partial charge on any atom is -0.394 e. The predicted octanol–water partition coefficient (Wildman–Crippen LogP) is -1.73. The summed E-state index contributed by atoms with van der Waals surface area (Å²) in [6.45, 7) is -4.86. The Morgan fingerprint density at radius 2 is 2.05 bits per heavy atom. The molecule has 9 atom stereocenters. The van der Waals surface area contributed by atoms with Gasteiger partial charge in [-0.2, -0.15) is 0 Å². The molecule has 2 fully saturated rings. The zero-order chi connectivity index (χ0) is 27.9. The van der Waals surface area contributed by atoms with Crippen molar-refractivity contribution in [2.45, 2.75) is 55.6 Å². The number of fused-ring (bicyclic) bond motifs is 1. The van der Waals surface area contributed by atoms with Gasteiger partial charge in [-0.05, 0) is 17.9 Å². The van der Waals surface area contributed by atoms with E-state index in [0.29, 0.717) is 11.2 Å². The molecule has 5 heterocycles. The molecule has 19 heteroatoms. The van der Waals surface area contributed by atoms with Gasteiger partial charge in [0, 0.05) is 19.7 Å². The highest BCUT2D eigenvalue weighted by molar-refractivity contribution is 8.07. The first kappa shape index (κ1) is 28.2. The number of carbonyl (C=O) groups is 1. The molecule has 0 bridgehead atoms. The predicted molar refractivity (Wildman–Crippen MR) is 134 cm³/mol. The van der Waals surface area contributed by atoms with Crippen LogP contribution in [0.25, 0.3) is 11.2 Å². The number of amides is 2. The number of nitrogens with two attached hydrogens (primary N) is 1. The van der Waals surface area contributed by atoms with Gasteiger partial charge >= 0.3 is 12.7 Å². The molecule has 2 aromatic heterocycles. The van der Waals surface area contributed by atoms with Gasteiger partial charge in [0.25, 0.3) is 0 Å². The summed E-state index contributed by atoms with van der Waals surface area (Å²) in [5, 5.41) is 32.3. The van der Waals surface area contributed by atoms with E-state index in [1.807, 2.05) is 0 Å². The van der Waals surface area contributed by atoms with Crippen LogP contribution in [-0.2, 0) is 35.1 Å². The first-order valence-corrected chi connectivity index (χ1v) is 14.4. The molecule has 0 aliphatic carbocycles. The molecule has 2 saturated heterocycles. The summed E-state index contributed by atoms with van der Waals surface area (Å²) in [6.07, 6.45) is -2.32. The summed E-state index contributed by atoms with van der Waals surface area (Å²) < 4.78 is 29.9. The number of hydrogen-bond donors (Lipinski definition) is 6. The van der Waals surface area contributed by atoms with E-state index < -0.39 is 68.6 Å². The Kier molecular flexibility index (Phi) is 8.14. The number of aromatic nitrogens is 4. The molecular weight excluding hydrogens is 561 g/mol. The van der Waals surface area contributed by atoms with E-state index in [0.717, 1.165) is 4.90 Å². The standard InChI is InChI=1S/C20H28N7O10PS/c1-33-16-15(10(5-28)36-19(16)26-3-2-12(30)25-20(26)31)37-38(32,39)34-6-11-9(29)4-13(35-11)27-8-24-14-17(21)22-7-23-18(14)27/h2-3,7-13,15-16,19,28-30H,4-6H2,1H3,(H,25,31)(H,32,39)(H2,21,22,23)/t9-,10?,11?,12?,13-,15+,16?,19-,38?/m1/s1. The lowest BCUT2D eigenvalue weighted by Gasteiger charge is -2.33. The fourth-order valence-electron chi connectivity index (χ4n) is 4.62. The van der Waals surface area contributed by atoms with Crippen LogP contribution in [-0.4, -0.2) is 114 Å². The van der Waals surface area contributed by atoms with Gasteiger partial charge in [-0.1, -0.05) is 0 Å². The lowest BCUT2D eigenvalue weighted by Crippen LogP contribution is -2.53. The number of aliphatic hydroxyl groups excluding tert-OH is 3. The van der Waals surface area contributed by atoms with Crippen LogP contribution in [0.1, 0.15) is 12.6 Å². The maximum absolute atomic E-state index is 12.3. The molecule has 5 unspecified atom stereocenters. The highest BCUT2D eigenvalue weighted by Gasteiger charge is 2.51. The van der Waals surface area contributed by atoms with Crippen molar-refractivity contribution in [3.63, 3.8) is 0 Å². The third-order valence-corrected chi connectivity index (χ3v) is 8.06. The van der Waals surface area contributed by atoms with Crippen LogP contribution in [0, 0.1) is 0 Å². The summed E-state index contributed by atoms with van der Waals surface area (Å²) >= 11 is 5.18. The molecule has 17 nitrogen and oxygen atoms in total.